The average molecular weight is 176 g/mol. The highest BCUT2D eigenvalue weighted by Crippen LogP contribution is 2.05. The molecule has 13 heavy (non-hydrogen) atoms. The molecule has 0 unspecified atom stereocenters. The lowest BCUT2D eigenvalue weighted by Gasteiger charge is -1.93. The van der Waals surface area contributed by atoms with Gasteiger partial charge in [-0.3, -0.25) is 4.79 Å². The smallest absolute Gasteiger partial charge is 0.307 e. The van der Waals surface area contributed by atoms with Crippen molar-refractivity contribution in [1.29, 1.82) is 0 Å². The van der Waals surface area contributed by atoms with E-state index in [0.29, 0.717) is 0 Å². The number of aryl methyl sites for hydroxylation is 1. The van der Waals surface area contributed by atoms with Crippen molar-refractivity contribution in [1.82, 2.24) is 0 Å². The largest absolute Gasteiger partial charge is 0.481 e. The first-order valence-corrected chi connectivity index (χ1v) is 4.13. The highest BCUT2D eigenvalue weighted by molar-refractivity contribution is 5.70. The molecule has 0 bridgehead atoms. The zero-order chi connectivity index (χ0) is 9.68. The van der Waals surface area contributed by atoms with Crippen molar-refractivity contribution in [2.75, 3.05) is 0 Å². The molecule has 1 aromatic rings. The molecule has 0 radical (unpaired) electrons. The number of carboxylic acid groups (broad SMARTS) is 1. The lowest BCUT2D eigenvalue weighted by molar-refractivity contribution is -0.135. The SMILES string of the molecule is Cc1ccc(/C=C\CC(=O)O)cc1. The zero-order valence-corrected chi connectivity index (χ0v) is 7.53. The molecule has 0 aliphatic carbocycles. The second kappa shape index (κ2) is 4.45. The molecule has 0 aromatic heterocycles. The van der Waals surface area contributed by atoms with E-state index >= 15 is 0 Å². The topological polar surface area (TPSA) is 37.3 Å². The van der Waals surface area contributed by atoms with Crippen molar-refractivity contribution >= 4 is 12.0 Å². The van der Waals surface area contributed by atoms with Crippen LogP contribution in [0.15, 0.2) is 30.3 Å². The number of carbonyl (C=O) groups is 1. The normalized spacial score (nSPS) is 10.5. The quantitative estimate of drug-likeness (QED) is 0.768. The summed E-state index contributed by atoms with van der Waals surface area (Å²) >= 11 is 0. The Morgan fingerprint density at radius 1 is 1.38 bits per heavy atom. The number of carboxylic acids is 1. The molecule has 0 amide bonds. The fourth-order valence-electron chi connectivity index (χ4n) is 0.973. The molecule has 2 nitrogen and oxygen atoms in total. The first kappa shape index (κ1) is 9.52. The third kappa shape index (κ3) is 3.56. The summed E-state index contributed by atoms with van der Waals surface area (Å²) in [5.41, 5.74) is 2.24. The van der Waals surface area contributed by atoms with E-state index < -0.39 is 5.97 Å². The van der Waals surface area contributed by atoms with Crippen LogP contribution in [0.25, 0.3) is 6.08 Å². The van der Waals surface area contributed by atoms with Gasteiger partial charge in [-0.2, -0.15) is 0 Å². The van der Waals surface area contributed by atoms with Gasteiger partial charge in [0.15, 0.2) is 0 Å². The molecule has 0 saturated carbocycles. The molecule has 0 heterocycles. The van der Waals surface area contributed by atoms with Crippen LogP contribution >= 0.6 is 0 Å². The van der Waals surface area contributed by atoms with Gasteiger partial charge in [-0.05, 0) is 12.5 Å². The van der Waals surface area contributed by atoms with Crippen molar-refractivity contribution in [3.05, 3.63) is 41.5 Å². The van der Waals surface area contributed by atoms with Crippen LogP contribution in [0.3, 0.4) is 0 Å². The van der Waals surface area contributed by atoms with Gasteiger partial charge in [-0.1, -0.05) is 42.0 Å². The molecule has 0 spiro atoms. The lowest BCUT2D eigenvalue weighted by atomic mass is 10.1. The van der Waals surface area contributed by atoms with Crippen molar-refractivity contribution < 1.29 is 9.90 Å². The maximum Gasteiger partial charge on any atom is 0.307 e. The summed E-state index contributed by atoms with van der Waals surface area (Å²) < 4.78 is 0. The average Bonchev–Trinajstić information content (AvgIpc) is 2.08. The second-order valence-corrected chi connectivity index (χ2v) is 2.91. The number of aliphatic carboxylic acids is 1. The van der Waals surface area contributed by atoms with Gasteiger partial charge < -0.3 is 5.11 Å². The number of hydrogen-bond donors (Lipinski definition) is 1. The molecular formula is C11H12O2. The Morgan fingerprint density at radius 3 is 2.54 bits per heavy atom. The van der Waals surface area contributed by atoms with Crippen LogP contribution in [0.1, 0.15) is 17.5 Å². The highest BCUT2D eigenvalue weighted by Gasteiger charge is 1.90. The van der Waals surface area contributed by atoms with Gasteiger partial charge >= 0.3 is 5.97 Å². The van der Waals surface area contributed by atoms with Gasteiger partial charge in [0.25, 0.3) is 0 Å². The summed E-state index contributed by atoms with van der Waals surface area (Å²) in [5, 5.41) is 8.38. The predicted molar refractivity (Wildman–Crippen MR) is 52.5 cm³/mol. The molecule has 0 aliphatic rings. The van der Waals surface area contributed by atoms with Crippen LogP contribution in [0.4, 0.5) is 0 Å². The van der Waals surface area contributed by atoms with Crippen molar-refractivity contribution in [2.24, 2.45) is 0 Å². The van der Waals surface area contributed by atoms with Crippen LogP contribution in [-0.2, 0) is 4.79 Å². The van der Waals surface area contributed by atoms with Crippen molar-refractivity contribution in [3.63, 3.8) is 0 Å². The zero-order valence-electron chi connectivity index (χ0n) is 7.53. The molecule has 0 aliphatic heterocycles. The highest BCUT2D eigenvalue weighted by atomic mass is 16.4. The summed E-state index contributed by atoms with van der Waals surface area (Å²) in [5.74, 6) is -0.802. The fourth-order valence-corrected chi connectivity index (χ4v) is 0.973. The van der Waals surface area contributed by atoms with E-state index in [9.17, 15) is 4.79 Å². The summed E-state index contributed by atoms with van der Waals surface area (Å²) in [6.45, 7) is 2.02. The molecule has 0 saturated heterocycles. The predicted octanol–water partition coefficient (Wildman–Crippen LogP) is 2.48. The summed E-state index contributed by atoms with van der Waals surface area (Å²) in [4.78, 5) is 10.2. The Morgan fingerprint density at radius 2 is 2.00 bits per heavy atom. The van der Waals surface area contributed by atoms with E-state index in [2.05, 4.69) is 0 Å². The molecule has 1 aromatic carbocycles. The molecule has 2 heteroatoms. The van der Waals surface area contributed by atoms with Crippen molar-refractivity contribution in [3.8, 4) is 0 Å². The standard InChI is InChI=1S/C11H12O2/c1-9-5-7-10(8-6-9)3-2-4-11(12)13/h2-3,5-8H,4H2,1H3,(H,12,13)/b3-2-. The third-order valence-corrected chi connectivity index (χ3v) is 1.68. The molecule has 0 atom stereocenters. The molecule has 0 fully saturated rings. The van der Waals surface area contributed by atoms with E-state index in [0.717, 1.165) is 5.56 Å². The van der Waals surface area contributed by atoms with E-state index in [1.165, 1.54) is 5.56 Å². The van der Waals surface area contributed by atoms with Crippen LogP contribution < -0.4 is 0 Å². The van der Waals surface area contributed by atoms with E-state index in [1.807, 2.05) is 37.3 Å². The van der Waals surface area contributed by atoms with Crippen LogP contribution in [0.5, 0.6) is 0 Å². The van der Waals surface area contributed by atoms with Crippen LogP contribution in [-0.4, -0.2) is 11.1 Å². The number of hydrogen-bond acceptors (Lipinski definition) is 1. The molecular weight excluding hydrogens is 164 g/mol. The van der Waals surface area contributed by atoms with Gasteiger partial charge in [0.1, 0.15) is 0 Å². The van der Waals surface area contributed by atoms with Gasteiger partial charge in [-0.15, -0.1) is 0 Å². The molecule has 1 N–H and O–H groups in total. The molecule has 1 rings (SSSR count). The van der Waals surface area contributed by atoms with Gasteiger partial charge in [0.2, 0.25) is 0 Å². The monoisotopic (exact) mass is 176 g/mol. The fraction of sp³-hybridized carbons (Fsp3) is 0.182. The summed E-state index contributed by atoms with van der Waals surface area (Å²) in [6, 6.07) is 7.93. The minimum absolute atomic E-state index is 0.0773. The Bertz CT molecular complexity index is 309. The third-order valence-electron chi connectivity index (χ3n) is 1.68. The second-order valence-electron chi connectivity index (χ2n) is 2.91. The maximum atomic E-state index is 10.2. The Kier molecular flexibility index (Phi) is 3.26. The summed E-state index contributed by atoms with van der Waals surface area (Å²) in [6.07, 6.45) is 3.54. The van der Waals surface area contributed by atoms with E-state index in [-0.39, 0.29) is 6.42 Å². The first-order chi connectivity index (χ1) is 6.18. The summed E-state index contributed by atoms with van der Waals surface area (Å²) in [7, 11) is 0. The Hall–Kier alpha value is -1.57. The first-order valence-electron chi connectivity index (χ1n) is 4.13. The van der Waals surface area contributed by atoms with Crippen LogP contribution in [0.2, 0.25) is 0 Å². The number of rotatable bonds is 3. The van der Waals surface area contributed by atoms with Gasteiger partial charge in [0, 0.05) is 0 Å². The minimum Gasteiger partial charge on any atom is -0.481 e. The van der Waals surface area contributed by atoms with Gasteiger partial charge in [-0.25, -0.2) is 0 Å². The van der Waals surface area contributed by atoms with Gasteiger partial charge in [0.05, 0.1) is 6.42 Å². The number of benzene rings is 1. The van der Waals surface area contributed by atoms with E-state index in [1.54, 1.807) is 6.08 Å². The van der Waals surface area contributed by atoms with Crippen LogP contribution in [0, 0.1) is 6.92 Å². The van der Waals surface area contributed by atoms with Crippen molar-refractivity contribution in [2.45, 2.75) is 13.3 Å². The Balaban J connectivity index is 2.59. The molecule has 68 valence electrons. The lowest BCUT2D eigenvalue weighted by Crippen LogP contribution is -1.89. The minimum atomic E-state index is -0.802. The maximum absolute atomic E-state index is 10.2. The Labute approximate surface area is 77.5 Å². The van der Waals surface area contributed by atoms with E-state index in [4.69, 9.17) is 5.11 Å².